The highest BCUT2D eigenvalue weighted by atomic mass is 32.2. The second kappa shape index (κ2) is 4.53. The summed E-state index contributed by atoms with van der Waals surface area (Å²) in [6.45, 7) is 0. The maximum Gasteiger partial charge on any atom is 0.293 e. The SMILES string of the molecule is O=S(=O)(O)C1=CC2=CC(S(=O)(=O)O)C(O)=CC2=CC1O. The molecule has 0 aromatic carbocycles. The van der Waals surface area contributed by atoms with Crippen molar-refractivity contribution in [3.63, 3.8) is 0 Å². The quantitative estimate of drug-likeness (QED) is 0.506. The lowest BCUT2D eigenvalue weighted by Gasteiger charge is -2.23. The average Bonchev–Trinajstić information content (AvgIpc) is 2.24. The van der Waals surface area contributed by atoms with E-state index in [1.54, 1.807) is 0 Å². The molecule has 0 radical (unpaired) electrons. The Hall–Kier alpha value is -1.46. The molecule has 2 unspecified atom stereocenters. The summed E-state index contributed by atoms with van der Waals surface area (Å²) >= 11 is 0. The van der Waals surface area contributed by atoms with E-state index in [1.807, 2.05) is 0 Å². The van der Waals surface area contributed by atoms with Crippen LogP contribution in [0.4, 0.5) is 0 Å². The Bertz CT molecular complexity index is 779. The highest BCUT2D eigenvalue weighted by Gasteiger charge is 2.33. The fraction of sp³-hybridized carbons (Fsp3) is 0.200. The molecule has 0 bridgehead atoms. The summed E-state index contributed by atoms with van der Waals surface area (Å²) in [5, 5.41) is 17.4. The van der Waals surface area contributed by atoms with Crippen molar-refractivity contribution >= 4 is 20.2 Å². The summed E-state index contributed by atoms with van der Waals surface area (Å²) in [6, 6.07) is 0. The van der Waals surface area contributed by atoms with Gasteiger partial charge in [0, 0.05) is 0 Å². The summed E-state index contributed by atoms with van der Waals surface area (Å²) in [4.78, 5) is -0.726. The van der Waals surface area contributed by atoms with E-state index in [2.05, 4.69) is 0 Å². The first-order valence-corrected chi connectivity index (χ1v) is 8.12. The van der Waals surface area contributed by atoms with E-state index in [4.69, 9.17) is 9.11 Å². The number of allylic oxidation sites excluding steroid dienone is 4. The Morgan fingerprint density at radius 2 is 1.50 bits per heavy atom. The highest BCUT2D eigenvalue weighted by Crippen LogP contribution is 2.32. The van der Waals surface area contributed by atoms with Crippen LogP contribution in [0.25, 0.3) is 0 Å². The molecule has 0 heterocycles. The predicted molar refractivity (Wildman–Crippen MR) is 67.9 cm³/mol. The Labute approximate surface area is 114 Å². The molecule has 0 fully saturated rings. The van der Waals surface area contributed by atoms with Gasteiger partial charge in [0.2, 0.25) is 0 Å². The van der Waals surface area contributed by atoms with Crippen LogP contribution in [0.1, 0.15) is 0 Å². The zero-order valence-corrected chi connectivity index (χ0v) is 11.3. The van der Waals surface area contributed by atoms with Crippen LogP contribution in [0.5, 0.6) is 0 Å². The normalized spacial score (nSPS) is 26.9. The van der Waals surface area contributed by atoms with Crippen molar-refractivity contribution in [1.29, 1.82) is 0 Å². The molecule has 0 amide bonds. The van der Waals surface area contributed by atoms with Gasteiger partial charge in [0.15, 0.2) is 5.25 Å². The minimum Gasteiger partial charge on any atom is -0.510 e. The highest BCUT2D eigenvalue weighted by molar-refractivity contribution is 7.89. The molecule has 2 atom stereocenters. The fourth-order valence-electron chi connectivity index (χ4n) is 1.90. The van der Waals surface area contributed by atoms with E-state index in [9.17, 15) is 27.0 Å². The smallest absolute Gasteiger partial charge is 0.293 e. The second-order valence-electron chi connectivity index (χ2n) is 4.22. The van der Waals surface area contributed by atoms with Crippen molar-refractivity contribution in [2.45, 2.75) is 11.4 Å². The number of hydrogen-bond donors (Lipinski definition) is 4. The Balaban J connectivity index is 2.58. The second-order valence-corrected chi connectivity index (χ2v) is 7.17. The summed E-state index contributed by atoms with van der Waals surface area (Å²) in [7, 11) is -9.28. The minimum atomic E-state index is -4.66. The van der Waals surface area contributed by atoms with Gasteiger partial charge in [-0.15, -0.1) is 0 Å². The minimum absolute atomic E-state index is 0.0309. The zero-order chi connectivity index (χ0) is 15.3. The number of rotatable bonds is 2. The molecule has 10 heteroatoms. The molecular weight excluding hydrogens is 312 g/mol. The topological polar surface area (TPSA) is 149 Å². The van der Waals surface area contributed by atoms with Gasteiger partial charge in [0.1, 0.15) is 16.8 Å². The van der Waals surface area contributed by atoms with E-state index >= 15 is 0 Å². The lowest BCUT2D eigenvalue weighted by Crippen LogP contribution is -2.26. The van der Waals surface area contributed by atoms with E-state index in [0.717, 1.165) is 24.3 Å². The van der Waals surface area contributed by atoms with Gasteiger partial charge in [-0.05, 0) is 35.5 Å². The maximum atomic E-state index is 11.1. The van der Waals surface area contributed by atoms with Crippen molar-refractivity contribution in [2.24, 2.45) is 0 Å². The van der Waals surface area contributed by atoms with Gasteiger partial charge in [-0.25, -0.2) is 0 Å². The molecule has 0 saturated heterocycles. The molecule has 0 spiro atoms. The van der Waals surface area contributed by atoms with E-state index in [-0.39, 0.29) is 11.1 Å². The lowest BCUT2D eigenvalue weighted by molar-refractivity contribution is 0.262. The van der Waals surface area contributed by atoms with Gasteiger partial charge in [-0.3, -0.25) is 9.11 Å². The molecule has 2 aliphatic rings. The van der Waals surface area contributed by atoms with Crippen LogP contribution in [0.2, 0.25) is 0 Å². The summed E-state index contributed by atoms with van der Waals surface area (Å²) in [5.41, 5.74) is 0.200. The summed E-state index contributed by atoms with van der Waals surface area (Å²) in [5.74, 6) is -0.668. The molecule has 2 rings (SSSR count). The summed E-state index contributed by atoms with van der Waals surface area (Å²) in [6.07, 6.45) is 2.16. The summed E-state index contributed by atoms with van der Waals surface area (Å²) < 4.78 is 62.1. The van der Waals surface area contributed by atoms with Crippen LogP contribution in [0, 0.1) is 0 Å². The molecule has 4 N–H and O–H groups in total. The number of aliphatic hydroxyl groups excluding tert-OH is 2. The monoisotopic (exact) mass is 322 g/mol. The first kappa shape index (κ1) is 14.9. The van der Waals surface area contributed by atoms with E-state index < -0.39 is 42.3 Å². The number of aliphatic hydroxyl groups is 2. The van der Waals surface area contributed by atoms with Crippen LogP contribution in [-0.4, -0.2) is 47.5 Å². The molecule has 20 heavy (non-hydrogen) atoms. The van der Waals surface area contributed by atoms with Crippen molar-refractivity contribution in [3.8, 4) is 0 Å². The molecule has 2 aliphatic carbocycles. The van der Waals surface area contributed by atoms with Gasteiger partial charge in [-0.2, -0.15) is 16.8 Å². The molecule has 110 valence electrons. The van der Waals surface area contributed by atoms with Crippen molar-refractivity contribution in [3.05, 3.63) is 46.1 Å². The van der Waals surface area contributed by atoms with Crippen LogP contribution in [0.3, 0.4) is 0 Å². The average molecular weight is 322 g/mol. The lowest BCUT2D eigenvalue weighted by atomic mass is 9.92. The first-order valence-electron chi connectivity index (χ1n) is 5.18. The molecule has 8 nitrogen and oxygen atoms in total. The van der Waals surface area contributed by atoms with Crippen LogP contribution in [-0.2, 0) is 20.2 Å². The van der Waals surface area contributed by atoms with Gasteiger partial charge < -0.3 is 10.2 Å². The molecule has 0 saturated carbocycles. The van der Waals surface area contributed by atoms with Gasteiger partial charge in [0.05, 0.1) is 0 Å². The Morgan fingerprint density at radius 1 is 0.950 bits per heavy atom. The fourth-order valence-corrected chi connectivity index (χ4v) is 3.24. The predicted octanol–water partition coefficient (Wildman–Crippen LogP) is -0.303. The molecule has 0 aromatic rings. The Morgan fingerprint density at radius 3 is 2.00 bits per heavy atom. The van der Waals surface area contributed by atoms with E-state index in [0.29, 0.717) is 0 Å². The van der Waals surface area contributed by atoms with E-state index in [1.165, 1.54) is 0 Å². The third-order valence-electron chi connectivity index (χ3n) is 2.80. The van der Waals surface area contributed by atoms with Crippen molar-refractivity contribution in [1.82, 2.24) is 0 Å². The van der Waals surface area contributed by atoms with Crippen molar-refractivity contribution in [2.75, 3.05) is 0 Å². The number of hydrogen-bond acceptors (Lipinski definition) is 6. The number of fused-ring (bicyclic) bond motifs is 1. The molecular formula is C10H10O8S2. The Kier molecular flexibility index (Phi) is 3.38. The standard InChI is InChI=1S/C10H10O8S2/c11-7-1-5-2-8(12)10(20(16,17)18)4-6(5)3-9(7)19(13,14)15/h1-4,7,10-12H,(H,13,14,15)(H,16,17,18). The third-order valence-corrected chi connectivity index (χ3v) is 4.78. The van der Waals surface area contributed by atoms with Crippen molar-refractivity contribution < 1.29 is 36.2 Å². The van der Waals surface area contributed by atoms with Crippen LogP contribution < -0.4 is 0 Å². The zero-order valence-electron chi connectivity index (χ0n) is 9.70. The molecule has 0 aromatic heterocycles. The molecule has 0 aliphatic heterocycles. The van der Waals surface area contributed by atoms with Gasteiger partial charge >= 0.3 is 0 Å². The first-order chi connectivity index (χ1) is 9.00. The van der Waals surface area contributed by atoms with Gasteiger partial charge in [0.25, 0.3) is 20.2 Å². The van der Waals surface area contributed by atoms with Crippen LogP contribution >= 0.6 is 0 Å². The van der Waals surface area contributed by atoms with Gasteiger partial charge in [-0.1, -0.05) is 0 Å². The largest absolute Gasteiger partial charge is 0.510 e. The maximum absolute atomic E-state index is 11.1. The van der Waals surface area contributed by atoms with Crippen LogP contribution in [0.15, 0.2) is 46.1 Å². The third kappa shape index (κ3) is 2.69.